The molecular formula is C19H17FN2O4. The third-order valence-corrected chi connectivity index (χ3v) is 4.01. The highest BCUT2D eigenvalue weighted by Gasteiger charge is 2.19. The minimum Gasteiger partial charge on any atom is -0.497 e. The van der Waals surface area contributed by atoms with Crippen LogP contribution in [0.5, 0.6) is 11.5 Å². The summed E-state index contributed by atoms with van der Waals surface area (Å²) in [5.74, 6) is -0.226. The van der Waals surface area contributed by atoms with Gasteiger partial charge in [-0.3, -0.25) is 14.2 Å². The Bertz CT molecular complexity index is 1010. The fourth-order valence-corrected chi connectivity index (χ4v) is 2.73. The summed E-state index contributed by atoms with van der Waals surface area (Å²) in [6.45, 7) is 1.35. The number of fused-ring (bicyclic) bond motifs is 1. The van der Waals surface area contributed by atoms with E-state index in [1.807, 2.05) is 0 Å². The van der Waals surface area contributed by atoms with E-state index < -0.39 is 11.7 Å². The second-order valence-corrected chi connectivity index (χ2v) is 5.61. The van der Waals surface area contributed by atoms with E-state index in [4.69, 9.17) is 9.47 Å². The monoisotopic (exact) mass is 356 g/mol. The number of anilines is 1. The number of hydrogen-bond donors (Lipinski definition) is 1. The van der Waals surface area contributed by atoms with E-state index in [0.717, 1.165) is 0 Å². The highest BCUT2D eigenvalue weighted by atomic mass is 19.1. The van der Waals surface area contributed by atoms with Crippen LogP contribution in [0.25, 0.3) is 10.9 Å². The molecule has 1 aromatic heterocycles. The van der Waals surface area contributed by atoms with E-state index in [1.54, 1.807) is 18.2 Å². The molecule has 1 heterocycles. The lowest BCUT2D eigenvalue weighted by Gasteiger charge is -2.11. The molecule has 134 valence electrons. The van der Waals surface area contributed by atoms with Gasteiger partial charge in [-0.05, 0) is 30.3 Å². The summed E-state index contributed by atoms with van der Waals surface area (Å²) in [4.78, 5) is 24.6. The standard InChI is InChI=1S/C19H17FN2O4/c1-11(23)22-10-15(14-6-4-12(20)8-17(14)22)19(24)21-16-7-5-13(25-2)9-18(16)26-3/h4-10H,1-3H3,(H,21,24). The first-order valence-corrected chi connectivity index (χ1v) is 7.79. The molecule has 0 saturated carbocycles. The second-order valence-electron chi connectivity index (χ2n) is 5.61. The van der Waals surface area contributed by atoms with E-state index >= 15 is 0 Å². The normalized spacial score (nSPS) is 10.6. The molecule has 0 atom stereocenters. The average molecular weight is 356 g/mol. The minimum absolute atomic E-state index is 0.257. The van der Waals surface area contributed by atoms with Gasteiger partial charge in [0.2, 0.25) is 5.91 Å². The Morgan fingerprint density at radius 1 is 1.08 bits per heavy atom. The molecule has 2 aromatic carbocycles. The molecule has 6 nitrogen and oxygen atoms in total. The lowest BCUT2D eigenvalue weighted by atomic mass is 10.1. The molecule has 0 fully saturated rings. The Kier molecular flexibility index (Phi) is 4.62. The molecule has 0 radical (unpaired) electrons. The number of hydrogen-bond acceptors (Lipinski definition) is 4. The number of aromatic nitrogens is 1. The van der Waals surface area contributed by atoms with Crippen LogP contribution in [0.1, 0.15) is 22.1 Å². The maximum atomic E-state index is 13.6. The van der Waals surface area contributed by atoms with Gasteiger partial charge in [0, 0.05) is 24.6 Å². The number of nitrogens with zero attached hydrogens (tertiary/aromatic N) is 1. The molecule has 0 aliphatic rings. The zero-order valence-corrected chi connectivity index (χ0v) is 14.5. The Hall–Kier alpha value is -3.35. The Morgan fingerprint density at radius 3 is 2.50 bits per heavy atom. The number of methoxy groups -OCH3 is 2. The van der Waals surface area contributed by atoms with E-state index in [9.17, 15) is 14.0 Å². The van der Waals surface area contributed by atoms with E-state index in [-0.39, 0.29) is 11.5 Å². The van der Waals surface area contributed by atoms with Gasteiger partial charge in [0.25, 0.3) is 5.91 Å². The van der Waals surface area contributed by atoms with Crippen molar-refractivity contribution in [3.63, 3.8) is 0 Å². The van der Waals surface area contributed by atoms with Crippen molar-refractivity contribution < 1.29 is 23.5 Å². The number of carbonyl (C=O) groups is 2. The van der Waals surface area contributed by atoms with E-state index in [2.05, 4.69) is 5.32 Å². The van der Waals surface area contributed by atoms with Crippen molar-refractivity contribution >= 4 is 28.4 Å². The number of nitrogens with one attached hydrogen (secondary N) is 1. The van der Waals surface area contributed by atoms with Crippen molar-refractivity contribution in [3.8, 4) is 11.5 Å². The largest absolute Gasteiger partial charge is 0.497 e. The number of benzene rings is 2. The van der Waals surface area contributed by atoms with Crippen LogP contribution in [-0.4, -0.2) is 30.6 Å². The molecule has 0 spiro atoms. The van der Waals surface area contributed by atoms with E-state index in [1.165, 1.54) is 50.1 Å². The van der Waals surface area contributed by atoms with Crippen molar-refractivity contribution in [1.29, 1.82) is 0 Å². The first-order chi connectivity index (χ1) is 12.4. The van der Waals surface area contributed by atoms with Gasteiger partial charge < -0.3 is 14.8 Å². The molecule has 1 N–H and O–H groups in total. The molecule has 1 amide bonds. The van der Waals surface area contributed by atoms with Gasteiger partial charge in [-0.2, -0.15) is 0 Å². The van der Waals surface area contributed by atoms with Gasteiger partial charge in [0.15, 0.2) is 0 Å². The summed E-state index contributed by atoms with van der Waals surface area (Å²) in [6.07, 6.45) is 1.40. The zero-order valence-electron chi connectivity index (χ0n) is 14.5. The van der Waals surface area contributed by atoms with Gasteiger partial charge in [-0.1, -0.05) is 0 Å². The van der Waals surface area contributed by atoms with Crippen molar-refractivity contribution in [3.05, 3.63) is 54.0 Å². The van der Waals surface area contributed by atoms with Crippen molar-refractivity contribution in [2.24, 2.45) is 0 Å². The summed E-state index contributed by atoms with van der Waals surface area (Å²) in [5.41, 5.74) is 1.04. The fourth-order valence-electron chi connectivity index (χ4n) is 2.73. The Balaban J connectivity index is 2.02. The van der Waals surface area contributed by atoms with Crippen LogP contribution in [0.15, 0.2) is 42.6 Å². The maximum Gasteiger partial charge on any atom is 0.257 e. The topological polar surface area (TPSA) is 69.6 Å². The van der Waals surface area contributed by atoms with Crippen molar-refractivity contribution in [2.75, 3.05) is 19.5 Å². The smallest absolute Gasteiger partial charge is 0.257 e. The molecule has 0 unspecified atom stereocenters. The van der Waals surface area contributed by atoms with Gasteiger partial charge >= 0.3 is 0 Å². The molecule has 26 heavy (non-hydrogen) atoms. The molecule has 0 aliphatic heterocycles. The lowest BCUT2D eigenvalue weighted by Crippen LogP contribution is -2.12. The van der Waals surface area contributed by atoms with Crippen LogP contribution < -0.4 is 14.8 Å². The first kappa shape index (κ1) is 17.5. The van der Waals surface area contributed by atoms with Crippen molar-refractivity contribution in [2.45, 2.75) is 6.92 Å². The summed E-state index contributed by atoms with van der Waals surface area (Å²) in [5, 5.41) is 3.23. The number of amides is 1. The van der Waals surface area contributed by atoms with Gasteiger partial charge in [0.1, 0.15) is 17.3 Å². The molecule has 3 rings (SSSR count). The van der Waals surface area contributed by atoms with Crippen LogP contribution in [0, 0.1) is 5.82 Å². The predicted molar refractivity (Wildman–Crippen MR) is 95.7 cm³/mol. The Labute approximate surface area is 149 Å². The fraction of sp³-hybridized carbons (Fsp3) is 0.158. The predicted octanol–water partition coefficient (Wildman–Crippen LogP) is 3.71. The molecule has 0 bridgehead atoms. The highest BCUT2D eigenvalue weighted by molar-refractivity contribution is 6.14. The molecular weight excluding hydrogens is 339 g/mol. The summed E-state index contributed by atoms with van der Waals surface area (Å²) in [7, 11) is 3.01. The minimum atomic E-state index is -0.484. The number of rotatable bonds is 4. The molecule has 0 saturated heterocycles. The molecule has 0 aliphatic carbocycles. The van der Waals surface area contributed by atoms with Crippen molar-refractivity contribution in [1.82, 2.24) is 4.57 Å². The quantitative estimate of drug-likeness (QED) is 0.774. The van der Waals surface area contributed by atoms with Crippen LogP contribution in [0.3, 0.4) is 0 Å². The second kappa shape index (κ2) is 6.87. The lowest BCUT2D eigenvalue weighted by molar-refractivity contribution is 0.0941. The third kappa shape index (κ3) is 3.11. The number of halogens is 1. The molecule has 7 heteroatoms. The summed E-state index contributed by atoms with van der Waals surface area (Å²) in [6, 6.07) is 8.93. The first-order valence-electron chi connectivity index (χ1n) is 7.79. The maximum absolute atomic E-state index is 13.6. The van der Waals surface area contributed by atoms with E-state index in [0.29, 0.717) is 28.1 Å². The summed E-state index contributed by atoms with van der Waals surface area (Å²) < 4.78 is 25.2. The number of ether oxygens (including phenoxy) is 2. The highest BCUT2D eigenvalue weighted by Crippen LogP contribution is 2.30. The molecule has 3 aromatic rings. The number of carbonyl (C=O) groups excluding carboxylic acids is 2. The van der Waals surface area contributed by atoms with Gasteiger partial charge in [-0.25, -0.2) is 4.39 Å². The van der Waals surface area contributed by atoms with Crippen LogP contribution in [0.2, 0.25) is 0 Å². The van der Waals surface area contributed by atoms with Crippen LogP contribution in [-0.2, 0) is 0 Å². The Morgan fingerprint density at radius 2 is 1.85 bits per heavy atom. The van der Waals surface area contributed by atoms with Gasteiger partial charge in [-0.15, -0.1) is 0 Å². The van der Waals surface area contributed by atoms with Gasteiger partial charge in [0.05, 0.1) is 31.0 Å². The zero-order chi connectivity index (χ0) is 18.8. The average Bonchev–Trinajstić information content (AvgIpc) is 3.01. The SMILES string of the molecule is COc1ccc(NC(=O)c2cn(C(C)=O)c3cc(F)ccc23)c(OC)c1. The third-order valence-electron chi connectivity index (χ3n) is 4.01. The van der Waals surface area contributed by atoms with Crippen LogP contribution in [0.4, 0.5) is 10.1 Å². The summed E-state index contributed by atoms with van der Waals surface area (Å²) >= 11 is 0. The van der Waals surface area contributed by atoms with Crippen LogP contribution >= 0.6 is 0 Å².